The van der Waals surface area contributed by atoms with Crippen LogP contribution in [0.1, 0.15) is 33.6 Å². The first-order valence-electron chi connectivity index (χ1n) is 5.16. The first-order valence-corrected chi connectivity index (χ1v) is 5.16. The van der Waals surface area contributed by atoms with Crippen molar-refractivity contribution in [2.24, 2.45) is 0 Å². The number of nitrogens with zero attached hydrogens (tertiary/aromatic N) is 1. The van der Waals surface area contributed by atoms with Crippen LogP contribution < -0.4 is 5.32 Å². The zero-order valence-electron chi connectivity index (χ0n) is 9.26. The fraction of sp³-hybridized carbons (Fsp3) is 0.900. The lowest BCUT2D eigenvalue weighted by Crippen LogP contribution is -2.45. The van der Waals surface area contributed by atoms with Gasteiger partial charge in [0.2, 0.25) is 5.91 Å². The van der Waals surface area contributed by atoms with Gasteiger partial charge in [-0.3, -0.25) is 9.69 Å². The molecule has 0 rings (SSSR count). The van der Waals surface area contributed by atoms with Gasteiger partial charge >= 0.3 is 0 Å². The highest BCUT2D eigenvalue weighted by Crippen LogP contribution is 2.06. The Kier molecular flexibility index (Phi) is 6.59. The van der Waals surface area contributed by atoms with Gasteiger partial charge < -0.3 is 5.32 Å². The van der Waals surface area contributed by atoms with Crippen LogP contribution in [0.15, 0.2) is 0 Å². The summed E-state index contributed by atoms with van der Waals surface area (Å²) >= 11 is 0. The second-order valence-electron chi connectivity index (χ2n) is 3.14. The predicted octanol–water partition coefficient (Wildman–Crippen LogP) is 1.24. The fourth-order valence-corrected chi connectivity index (χ4v) is 1.58. The van der Waals surface area contributed by atoms with Crippen molar-refractivity contribution in [1.29, 1.82) is 0 Å². The molecule has 13 heavy (non-hydrogen) atoms. The topological polar surface area (TPSA) is 32.3 Å². The third-order valence-corrected chi connectivity index (χ3v) is 2.36. The summed E-state index contributed by atoms with van der Waals surface area (Å²) in [6.45, 7) is 8.17. The number of amides is 1. The lowest BCUT2D eigenvalue weighted by atomic mass is 10.1. The van der Waals surface area contributed by atoms with Crippen LogP contribution in [0.2, 0.25) is 0 Å². The molecule has 1 atom stereocenters. The number of rotatable bonds is 6. The van der Waals surface area contributed by atoms with Crippen LogP contribution in [-0.4, -0.2) is 37.0 Å². The smallest absolute Gasteiger partial charge is 0.237 e. The molecule has 0 aliphatic carbocycles. The van der Waals surface area contributed by atoms with E-state index in [0.29, 0.717) is 0 Å². The van der Waals surface area contributed by atoms with E-state index in [4.69, 9.17) is 0 Å². The maximum absolute atomic E-state index is 11.5. The monoisotopic (exact) mass is 186 g/mol. The number of hydrogen-bond donors (Lipinski definition) is 1. The maximum Gasteiger partial charge on any atom is 0.237 e. The van der Waals surface area contributed by atoms with Crippen LogP contribution in [0.4, 0.5) is 0 Å². The summed E-state index contributed by atoms with van der Waals surface area (Å²) in [4.78, 5) is 13.7. The molecule has 0 saturated heterocycles. The molecule has 0 radical (unpaired) electrons. The molecule has 0 aliphatic heterocycles. The van der Waals surface area contributed by atoms with Crippen molar-refractivity contribution in [2.75, 3.05) is 20.1 Å². The molecule has 0 unspecified atom stereocenters. The second-order valence-corrected chi connectivity index (χ2v) is 3.14. The Bertz CT molecular complexity index is 144. The molecule has 0 aromatic heterocycles. The maximum atomic E-state index is 11.5. The molecule has 0 bridgehead atoms. The molecule has 0 aromatic rings. The van der Waals surface area contributed by atoms with Crippen molar-refractivity contribution in [3.8, 4) is 0 Å². The van der Waals surface area contributed by atoms with Crippen molar-refractivity contribution in [3.63, 3.8) is 0 Å². The zero-order valence-corrected chi connectivity index (χ0v) is 9.26. The normalized spacial score (nSPS) is 13.0. The van der Waals surface area contributed by atoms with E-state index in [0.717, 1.165) is 25.9 Å². The van der Waals surface area contributed by atoms with Crippen LogP contribution in [-0.2, 0) is 4.79 Å². The lowest BCUT2D eigenvalue weighted by molar-refractivity contribution is -0.126. The molecular weight excluding hydrogens is 164 g/mol. The molecular formula is C10H22N2O. The number of hydrogen-bond acceptors (Lipinski definition) is 2. The van der Waals surface area contributed by atoms with E-state index in [1.807, 2.05) is 0 Å². The Labute approximate surface area is 81.5 Å². The quantitative estimate of drug-likeness (QED) is 0.677. The molecule has 1 amide bonds. The van der Waals surface area contributed by atoms with E-state index < -0.39 is 0 Å². The van der Waals surface area contributed by atoms with Gasteiger partial charge in [0, 0.05) is 7.05 Å². The van der Waals surface area contributed by atoms with Gasteiger partial charge in [-0.25, -0.2) is 0 Å². The highest BCUT2D eigenvalue weighted by atomic mass is 16.2. The summed E-state index contributed by atoms with van der Waals surface area (Å²) in [6.07, 6.45) is 2.00. The van der Waals surface area contributed by atoms with Crippen LogP contribution in [0, 0.1) is 0 Å². The molecule has 78 valence electrons. The minimum Gasteiger partial charge on any atom is -0.358 e. The molecule has 3 heteroatoms. The molecule has 0 aromatic carbocycles. The fourth-order valence-electron chi connectivity index (χ4n) is 1.58. The summed E-state index contributed by atoms with van der Waals surface area (Å²) < 4.78 is 0. The SMILES string of the molecule is CCC[C@@H](C(=O)NC)N(CC)CC. The van der Waals surface area contributed by atoms with Gasteiger partial charge in [-0.15, -0.1) is 0 Å². The van der Waals surface area contributed by atoms with Crippen LogP contribution in [0.25, 0.3) is 0 Å². The van der Waals surface area contributed by atoms with Gasteiger partial charge in [-0.1, -0.05) is 27.2 Å². The standard InChI is InChI=1S/C10H22N2O/c1-5-8-9(10(13)11-4)12(6-2)7-3/h9H,5-8H2,1-4H3,(H,11,13)/t9-/m0/s1. The van der Waals surface area contributed by atoms with Crippen LogP contribution in [0.3, 0.4) is 0 Å². The molecule has 1 N–H and O–H groups in total. The third-order valence-electron chi connectivity index (χ3n) is 2.36. The summed E-state index contributed by atoms with van der Waals surface area (Å²) in [7, 11) is 1.70. The van der Waals surface area contributed by atoms with Crippen molar-refractivity contribution in [2.45, 2.75) is 39.7 Å². The van der Waals surface area contributed by atoms with E-state index in [9.17, 15) is 4.79 Å². The van der Waals surface area contributed by atoms with Gasteiger partial charge in [0.05, 0.1) is 6.04 Å². The van der Waals surface area contributed by atoms with E-state index >= 15 is 0 Å². The molecule has 0 fully saturated rings. The Morgan fingerprint density at radius 1 is 1.31 bits per heavy atom. The van der Waals surface area contributed by atoms with Crippen molar-refractivity contribution < 1.29 is 4.79 Å². The molecule has 0 spiro atoms. The molecule has 0 heterocycles. The Morgan fingerprint density at radius 3 is 2.15 bits per heavy atom. The number of carbonyl (C=O) groups excluding carboxylic acids is 1. The van der Waals surface area contributed by atoms with Gasteiger partial charge in [-0.05, 0) is 19.5 Å². The van der Waals surface area contributed by atoms with Crippen molar-refractivity contribution in [3.05, 3.63) is 0 Å². The largest absolute Gasteiger partial charge is 0.358 e. The summed E-state index contributed by atoms with van der Waals surface area (Å²) in [5, 5.41) is 2.72. The van der Waals surface area contributed by atoms with E-state index in [1.54, 1.807) is 7.05 Å². The highest BCUT2D eigenvalue weighted by molar-refractivity contribution is 5.81. The average molecular weight is 186 g/mol. The van der Waals surface area contributed by atoms with Crippen LogP contribution in [0.5, 0.6) is 0 Å². The van der Waals surface area contributed by atoms with Gasteiger partial charge in [0.1, 0.15) is 0 Å². The Morgan fingerprint density at radius 2 is 1.85 bits per heavy atom. The minimum absolute atomic E-state index is 0.0602. The number of nitrogens with one attached hydrogen (secondary N) is 1. The first kappa shape index (κ1) is 12.4. The second kappa shape index (κ2) is 6.89. The van der Waals surface area contributed by atoms with Gasteiger partial charge in [0.15, 0.2) is 0 Å². The van der Waals surface area contributed by atoms with Crippen LogP contribution >= 0.6 is 0 Å². The average Bonchev–Trinajstić information content (AvgIpc) is 2.17. The highest BCUT2D eigenvalue weighted by Gasteiger charge is 2.21. The summed E-state index contributed by atoms with van der Waals surface area (Å²) in [5.41, 5.74) is 0. The van der Waals surface area contributed by atoms with E-state index in [1.165, 1.54) is 0 Å². The summed E-state index contributed by atoms with van der Waals surface area (Å²) in [5.74, 6) is 0.144. The molecule has 0 saturated carbocycles. The van der Waals surface area contributed by atoms with Crippen molar-refractivity contribution in [1.82, 2.24) is 10.2 Å². The number of likely N-dealkylation sites (N-methyl/N-ethyl adjacent to an activating group) is 2. The predicted molar refractivity (Wildman–Crippen MR) is 55.7 cm³/mol. The summed E-state index contributed by atoms with van der Waals surface area (Å²) in [6, 6.07) is 0.0602. The lowest BCUT2D eigenvalue weighted by Gasteiger charge is -2.27. The van der Waals surface area contributed by atoms with Gasteiger partial charge in [-0.2, -0.15) is 0 Å². The molecule has 0 aliphatic rings. The van der Waals surface area contributed by atoms with E-state index in [-0.39, 0.29) is 11.9 Å². The Balaban J connectivity index is 4.28. The van der Waals surface area contributed by atoms with Gasteiger partial charge in [0.25, 0.3) is 0 Å². The molecule has 3 nitrogen and oxygen atoms in total. The van der Waals surface area contributed by atoms with Crippen molar-refractivity contribution >= 4 is 5.91 Å². The first-order chi connectivity index (χ1) is 6.21. The van der Waals surface area contributed by atoms with E-state index in [2.05, 4.69) is 31.0 Å². The minimum atomic E-state index is 0.0602. The Hall–Kier alpha value is -0.570. The zero-order chi connectivity index (χ0) is 10.3. The number of carbonyl (C=O) groups is 1. The third kappa shape index (κ3) is 3.77.